The van der Waals surface area contributed by atoms with Gasteiger partial charge in [-0.05, 0) is 69.3 Å². The van der Waals surface area contributed by atoms with Gasteiger partial charge in [0.15, 0.2) is 28.8 Å². The molecule has 0 N–H and O–H groups in total. The number of furan rings is 1. The van der Waals surface area contributed by atoms with Gasteiger partial charge >= 0.3 is 0 Å². The molecule has 3 heterocycles. The second kappa shape index (κ2) is 15.9. The van der Waals surface area contributed by atoms with Gasteiger partial charge in [-0.3, -0.25) is 0 Å². The monoisotopic (exact) mass is 896 g/mol. The second-order valence-electron chi connectivity index (χ2n) is 17.9. The predicted molar refractivity (Wildman–Crippen MR) is 280 cm³/mol. The Morgan fingerprint density at radius 2 is 0.929 bits per heavy atom. The van der Waals surface area contributed by atoms with Crippen LogP contribution >= 0.6 is 0 Å². The van der Waals surface area contributed by atoms with E-state index in [1.165, 1.54) is 16.7 Å². The maximum Gasteiger partial charge on any atom is 0.178 e. The van der Waals surface area contributed by atoms with Crippen LogP contribution in [-0.2, 0) is 5.41 Å². The Hall–Kier alpha value is -9.32. The highest BCUT2D eigenvalue weighted by molar-refractivity contribution is 6.09. The van der Waals surface area contributed by atoms with E-state index in [-0.39, 0.29) is 0 Å². The number of rotatable bonds is 7. The van der Waals surface area contributed by atoms with E-state index in [1.807, 2.05) is 42.5 Å². The molecule has 14 rings (SSSR count). The number of ether oxygens (including phenoxy) is 2. The number of para-hydroxylation sites is 3. The first-order valence-corrected chi connectivity index (χ1v) is 23.6. The smallest absolute Gasteiger partial charge is 0.178 e. The Balaban J connectivity index is 0.862. The Labute approximate surface area is 404 Å². The van der Waals surface area contributed by atoms with Gasteiger partial charge in [0.05, 0.1) is 16.8 Å². The van der Waals surface area contributed by atoms with Gasteiger partial charge in [0.25, 0.3) is 0 Å². The molecule has 1 aliphatic heterocycles. The van der Waals surface area contributed by atoms with Crippen molar-refractivity contribution in [3.63, 3.8) is 0 Å². The van der Waals surface area contributed by atoms with Gasteiger partial charge < -0.3 is 13.9 Å². The molecular formula is C65H40N2O3. The summed E-state index contributed by atoms with van der Waals surface area (Å²) in [5.74, 6) is 3.36. The lowest BCUT2D eigenvalue weighted by atomic mass is 9.68. The van der Waals surface area contributed by atoms with Crippen LogP contribution in [0.3, 0.4) is 0 Å². The molecule has 328 valence electrons. The third kappa shape index (κ3) is 6.18. The van der Waals surface area contributed by atoms with Gasteiger partial charge in [-0.25, -0.2) is 9.97 Å². The van der Waals surface area contributed by atoms with Crippen LogP contribution in [0.1, 0.15) is 22.3 Å². The van der Waals surface area contributed by atoms with E-state index in [0.717, 1.165) is 89.0 Å². The van der Waals surface area contributed by atoms with Crippen LogP contribution in [0.2, 0.25) is 0 Å². The lowest BCUT2D eigenvalue weighted by Crippen LogP contribution is -2.28. The summed E-state index contributed by atoms with van der Waals surface area (Å²) in [7, 11) is 0. The minimum atomic E-state index is -0.567. The molecule has 0 amide bonds. The number of hydrogen-bond donors (Lipinski definition) is 0. The lowest BCUT2D eigenvalue weighted by Gasteiger charge is -2.34. The molecule has 70 heavy (non-hydrogen) atoms. The van der Waals surface area contributed by atoms with E-state index in [2.05, 4.69) is 200 Å². The molecule has 10 aromatic carbocycles. The summed E-state index contributed by atoms with van der Waals surface area (Å²) in [6.45, 7) is 0. The van der Waals surface area contributed by atoms with Crippen LogP contribution in [0.15, 0.2) is 247 Å². The number of hydrogen-bond acceptors (Lipinski definition) is 5. The van der Waals surface area contributed by atoms with Crippen molar-refractivity contribution in [2.24, 2.45) is 0 Å². The highest BCUT2D eigenvalue weighted by Gasteiger charge is 2.48. The second-order valence-corrected chi connectivity index (χ2v) is 17.9. The molecule has 0 fully saturated rings. The van der Waals surface area contributed by atoms with E-state index in [0.29, 0.717) is 28.8 Å². The third-order valence-electron chi connectivity index (χ3n) is 14.1. The molecule has 12 aromatic rings. The zero-order valence-electron chi connectivity index (χ0n) is 37.7. The van der Waals surface area contributed by atoms with Gasteiger partial charge in [-0.15, -0.1) is 0 Å². The van der Waals surface area contributed by atoms with Gasteiger partial charge in [0, 0.05) is 44.2 Å². The minimum absolute atomic E-state index is 0.567. The summed E-state index contributed by atoms with van der Waals surface area (Å²) in [4.78, 5) is 10.4. The van der Waals surface area contributed by atoms with Crippen LogP contribution in [-0.4, -0.2) is 9.97 Å². The summed E-state index contributed by atoms with van der Waals surface area (Å²) < 4.78 is 20.5. The molecule has 0 saturated carbocycles. The topological polar surface area (TPSA) is 57.4 Å². The standard InChI is InChI=1S/C65H40N2O3/c1-4-17-42(18-5-1)55-40-56(67-64(66-55)43-35-33-41(34-36-43)48-27-15-29-51-50-25-11-13-31-57(50)69-61(48)51)45-20-14-19-44(39-45)49-28-16-32-58-62(49)70-63-59(68-58)38-37-54-60(63)52-26-10-12-30-53(52)65(54,46-21-6-2-7-22-46)47-23-8-3-9-24-47/h1-40H. The first-order chi connectivity index (χ1) is 34.7. The zero-order valence-corrected chi connectivity index (χ0v) is 37.7. The molecule has 5 heteroatoms. The molecule has 0 unspecified atom stereocenters. The van der Waals surface area contributed by atoms with E-state index in [4.69, 9.17) is 23.9 Å². The Kier molecular flexibility index (Phi) is 9.04. The number of benzene rings is 10. The van der Waals surface area contributed by atoms with E-state index < -0.39 is 5.41 Å². The molecule has 0 spiro atoms. The summed E-state index contributed by atoms with van der Waals surface area (Å²) in [5.41, 5.74) is 16.6. The van der Waals surface area contributed by atoms with Crippen molar-refractivity contribution in [3.8, 4) is 90.3 Å². The van der Waals surface area contributed by atoms with Gasteiger partial charge in [-0.1, -0.05) is 212 Å². The Morgan fingerprint density at radius 3 is 1.73 bits per heavy atom. The van der Waals surface area contributed by atoms with Crippen LogP contribution in [0, 0.1) is 0 Å². The quantitative estimate of drug-likeness (QED) is 0.160. The van der Waals surface area contributed by atoms with E-state index in [1.54, 1.807) is 0 Å². The van der Waals surface area contributed by atoms with Gasteiger partial charge in [0.1, 0.15) is 11.2 Å². The van der Waals surface area contributed by atoms with Crippen LogP contribution < -0.4 is 9.47 Å². The fourth-order valence-electron chi connectivity index (χ4n) is 10.9. The highest BCUT2D eigenvalue weighted by atomic mass is 16.6. The minimum Gasteiger partial charge on any atom is -0.455 e. The average molecular weight is 897 g/mol. The number of nitrogens with zero attached hydrogens (tertiary/aromatic N) is 2. The van der Waals surface area contributed by atoms with Crippen molar-refractivity contribution in [1.29, 1.82) is 0 Å². The third-order valence-corrected chi connectivity index (χ3v) is 14.1. The summed E-state index contributed by atoms with van der Waals surface area (Å²) in [6, 6.07) is 84.6. The van der Waals surface area contributed by atoms with Gasteiger partial charge in [0.2, 0.25) is 0 Å². The fraction of sp³-hybridized carbons (Fsp3) is 0.0154. The van der Waals surface area contributed by atoms with Crippen molar-refractivity contribution in [1.82, 2.24) is 9.97 Å². The molecule has 2 aromatic heterocycles. The largest absolute Gasteiger partial charge is 0.455 e. The highest BCUT2D eigenvalue weighted by Crippen LogP contribution is 2.63. The van der Waals surface area contributed by atoms with Crippen molar-refractivity contribution in [2.75, 3.05) is 0 Å². The SMILES string of the molecule is c1ccc(-c2cc(-c3cccc(-c4cccc5c4Oc4c(ccc6c4-c4ccccc4C6(c4ccccc4)c4ccccc4)O5)c3)nc(-c3ccc(-c4cccc5c4oc4ccccc45)cc3)n2)cc1. The Bertz CT molecular complexity index is 3950. The average Bonchev–Trinajstić information content (AvgIpc) is 3.97. The lowest BCUT2D eigenvalue weighted by molar-refractivity contribution is 0.361. The maximum atomic E-state index is 7.25. The number of fused-ring (bicyclic) bond motifs is 9. The zero-order chi connectivity index (χ0) is 46.2. The van der Waals surface area contributed by atoms with Gasteiger partial charge in [-0.2, -0.15) is 0 Å². The maximum absolute atomic E-state index is 7.25. The molecule has 0 bridgehead atoms. The van der Waals surface area contributed by atoms with Crippen LogP contribution in [0.4, 0.5) is 0 Å². The van der Waals surface area contributed by atoms with Crippen molar-refractivity contribution >= 4 is 21.9 Å². The normalized spacial score (nSPS) is 12.9. The molecular weight excluding hydrogens is 857 g/mol. The molecule has 0 atom stereocenters. The fourth-order valence-corrected chi connectivity index (χ4v) is 10.9. The first kappa shape index (κ1) is 39.8. The van der Waals surface area contributed by atoms with Crippen molar-refractivity contribution in [2.45, 2.75) is 5.41 Å². The van der Waals surface area contributed by atoms with Crippen molar-refractivity contribution in [3.05, 3.63) is 265 Å². The van der Waals surface area contributed by atoms with Crippen LogP contribution in [0.25, 0.3) is 89.2 Å². The van der Waals surface area contributed by atoms with Crippen molar-refractivity contribution < 1.29 is 13.9 Å². The summed E-state index contributed by atoms with van der Waals surface area (Å²) >= 11 is 0. The van der Waals surface area contributed by atoms with E-state index in [9.17, 15) is 0 Å². The first-order valence-electron chi connectivity index (χ1n) is 23.6. The summed E-state index contributed by atoms with van der Waals surface area (Å²) in [5, 5.41) is 2.21. The van der Waals surface area contributed by atoms with E-state index >= 15 is 0 Å². The molecule has 0 radical (unpaired) electrons. The molecule has 5 nitrogen and oxygen atoms in total. The predicted octanol–water partition coefficient (Wildman–Crippen LogP) is 17.0. The van der Waals surface area contributed by atoms with Crippen LogP contribution in [0.5, 0.6) is 23.0 Å². The number of aromatic nitrogens is 2. The molecule has 1 aliphatic carbocycles. The molecule has 2 aliphatic rings. The Morgan fingerprint density at radius 1 is 0.343 bits per heavy atom. The summed E-state index contributed by atoms with van der Waals surface area (Å²) in [6.07, 6.45) is 0. The molecule has 0 saturated heterocycles.